The number of rotatable bonds is 4. The summed E-state index contributed by atoms with van der Waals surface area (Å²) >= 11 is 0. The average molecular weight is 276 g/mol. The lowest BCUT2D eigenvalue weighted by atomic mass is 9.95. The molecule has 1 N–H and O–H groups in total. The Morgan fingerprint density at radius 2 is 2.00 bits per heavy atom. The highest BCUT2D eigenvalue weighted by Gasteiger charge is 2.66. The van der Waals surface area contributed by atoms with Gasteiger partial charge in [-0.05, 0) is 73.0 Å². The van der Waals surface area contributed by atoms with E-state index in [9.17, 15) is 9.50 Å². The van der Waals surface area contributed by atoms with Crippen LogP contribution in [0.25, 0.3) is 0 Å². The molecule has 0 heterocycles. The molecule has 2 bridgehead atoms. The summed E-state index contributed by atoms with van der Waals surface area (Å²) in [5, 5.41) is 10.5. The van der Waals surface area contributed by atoms with Gasteiger partial charge >= 0.3 is 0 Å². The SMILES string of the molecule is COc1ccc(CC(O)C2C3C4CCC(C4)C23)cc1F. The van der Waals surface area contributed by atoms with Crippen LogP contribution in [0.4, 0.5) is 4.39 Å². The molecule has 3 saturated carbocycles. The smallest absolute Gasteiger partial charge is 0.165 e. The molecule has 1 aromatic carbocycles. The van der Waals surface area contributed by atoms with Crippen molar-refractivity contribution in [2.75, 3.05) is 7.11 Å². The first kappa shape index (κ1) is 12.6. The first-order valence-electron chi connectivity index (χ1n) is 7.69. The molecule has 20 heavy (non-hydrogen) atoms. The van der Waals surface area contributed by atoms with Crippen LogP contribution in [0.15, 0.2) is 18.2 Å². The molecule has 3 aliphatic carbocycles. The van der Waals surface area contributed by atoms with Gasteiger partial charge in [-0.3, -0.25) is 0 Å². The zero-order chi connectivity index (χ0) is 13.9. The van der Waals surface area contributed by atoms with Gasteiger partial charge in [-0.15, -0.1) is 0 Å². The third-order valence-electron chi connectivity index (χ3n) is 5.90. The second-order valence-electron chi connectivity index (χ2n) is 6.81. The minimum atomic E-state index is -0.340. The lowest BCUT2D eigenvalue weighted by Gasteiger charge is -2.15. The van der Waals surface area contributed by atoms with Crippen molar-refractivity contribution in [3.8, 4) is 5.75 Å². The standard InChI is InChI=1S/C17H21FO2/c1-20-14-5-2-9(6-12(14)18)7-13(19)17-15-10-3-4-11(8-10)16(15)17/h2,5-6,10-11,13,15-17,19H,3-4,7-8H2,1H3. The topological polar surface area (TPSA) is 29.5 Å². The van der Waals surface area contributed by atoms with Crippen molar-refractivity contribution in [2.24, 2.45) is 29.6 Å². The molecule has 5 atom stereocenters. The molecule has 108 valence electrons. The fraction of sp³-hybridized carbons (Fsp3) is 0.647. The Hall–Kier alpha value is -1.09. The Labute approximate surface area is 119 Å². The largest absolute Gasteiger partial charge is 0.494 e. The molecule has 3 heteroatoms. The number of hydrogen-bond acceptors (Lipinski definition) is 2. The van der Waals surface area contributed by atoms with Crippen LogP contribution in [0.1, 0.15) is 24.8 Å². The Bertz CT molecular complexity index is 514. The lowest BCUT2D eigenvalue weighted by Crippen LogP contribution is -2.18. The second-order valence-corrected chi connectivity index (χ2v) is 6.81. The highest BCUT2D eigenvalue weighted by Crippen LogP contribution is 2.70. The van der Waals surface area contributed by atoms with Crippen molar-refractivity contribution in [3.05, 3.63) is 29.6 Å². The number of halogens is 1. The van der Waals surface area contributed by atoms with Crippen LogP contribution in [0, 0.1) is 35.4 Å². The van der Waals surface area contributed by atoms with Gasteiger partial charge in [0, 0.05) is 0 Å². The van der Waals surface area contributed by atoms with Crippen molar-refractivity contribution in [2.45, 2.75) is 31.8 Å². The zero-order valence-corrected chi connectivity index (χ0v) is 11.8. The number of benzene rings is 1. The van der Waals surface area contributed by atoms with Crippen LogP contribution in [0.5, 0.6) is 5.75 Å². The summed E-state index contributed by atoms with van der Waals surface area (Å²) in [5.41, 5.74) is 0.869. The van der Waals surface area contributed by atoms with E-state index in [1.807, 2.05) is 6.07 Å². The van der Waals surface area contributed by atoms with Crippen LogP contribution in [-0.2, 0) is 6.42 Å². The molecule has 3 aliphatic rings. The Balaban J connectivity index is 1.44. The normalized spacial score (nSPS) is 38.6. The maximum Gasteiger partial charge on any atom is 0.165 e. The van der Waals surface area contributed by atoms with Gasteiger partial charge in [-0.25, -0.2) is 4.39 Å². The van der Waals surface area contributed by atoms with E-state index >= 15 is 0 Å². The van der Waals surface area contributed by atoms with E-state index in [0.717, 1.165) is 29.2 Å². The van der Waals surface area contributed by atoms with Gasteiger partial charge in [0.25, 0.3) is 0 Å². The number of methoxy groups -OCH3 is 1. The van der Waals surface area contributed by atoms with Gasteiger partial charge in [-0.2, -0.15) is 0 Å². The molecular weight excluding hydrogens is 255 g/mol. The third-order valence-corrected chi connectivity index (χ3v) is 5.90. The van der Waals surface area contributed by atoms with Gasteiger partial charge in [0.1, 0.15) is 0 Å². The molecule has 0 amide bonds. The molecule has 0 aromatic heterocycles. The molecule has 2 nitrogen and oxygen atoms in total. The molecule has 1 aromatic rings. The van der Waals surface area contributed by atoms with E-state index in [0.29, 0.717) is 12.3 Å². The number of aliphatic hydroxyl groups is 1. The summed E-state index contributed by atoms with van der Waals surface area (Å²) in [7, 11) is 1.47. The fourth-order valence-electron chi connectivity index (χ4n) is 5.12. The lowest BCUT2D eigenvalue weighted by molar-refractivity contribution is 0.128. The summed E-state index contributed by atoms with van der Waals surface area (Å²) in [6.45, 7) is 0. The van der Waals surface area contributed by atoms with Crippen molar-refractivity contribution >= 4 is 0 Å². The van der Waals surface area contributed by atoms with Crippen molar-refractivity contribution in [1.29, 1.82) is 0 Å². The molecule has 3 fully saturated rings. The van der Waals surface area contributed by atoms with Crippen LogP contribution < -0.4 is 4.74 Å². The van der Waals surface area contributed by atoms with Crippen molar-refractivity contribution < 1.29 is 14.2 Å². The molecule has 5 unspecified atom stereocenters. The Morgan fingerprint density at radius 3 is 2.60 bits per heavy atom. The predicted molar refractivity (Wildman–Crippen MR) is 74.0 cm³/mol. The molecule has 0 saturated heterocycles. The van der Waals surface area contributed by atoms with Crippen LogP contribution in [0.3, 0.4) is 0 Å². The maximum absolute atomic E-state index is 13.7. The molecule has 4 rings (SSSR count). The van der Waals surface area contributed by atoms with E-state index in [1.54, 1.807) is 6.07 Å². The van der Waals surface area contributed by atoms with Crippen molar-refractivity contribution in [1.82, 2.24) is 0 Å². The molecular formula is C17H21FO2. The van der Waals surface area contributed by atoms with Gasteiger partial charge in [0.05, 0.1) is 13.2 Å². The van der Waals surface area contributed by atoms with Gasteiger partial charge in [0.2, 0.25) is 0 Å². The van der Waals surface area contributed by atoms with E-state index < -0.39 is 0 Å². The number of hydrogen-bond donors (Lipinski definition) is 1. The van der Waals surface area contributed by atoms with E-state index in [-0.39, 0.29) is 17.7 Å². The summed E-state index contributed by atoms with van der Waals surface area (Å²) in [6, 6.07) is 5.00. The number of aliphatic hydroxyl groups excluding tert-OH is 1. The highest BCUT2D eigenvalue weighted by atomic mass is 19.1. The number of ether oxygens (including phenoxy) is 1. The minimum absolute atomic E-state index is 0.268. The van der Waals surface area contributed by atoms with Gasteiger partial charge in [0.15, 0.2) is 11.6 Å². The van der Waals surface area contributed by atoms with Crippen LogP contribution >= 0.6 is 0 Å². The summed E-state index contributed by atoms with van der Waals surface area (Å²) in [5.74, 6) is 3.69. The first-order valence-corrected chi connectivity index (χ1v) is 7.69. The third kappa shape index (κ3) is 1.79. The summed E-state index contributed by atoms with van der Waals surface area (Å²) in [6.07, 6.45) is 4.40. The van der Waals surface area contributed by atoms with E-state index in [2.05, 4.69) is 0 Å². The molecule has 0 radical (unpaired) electrons. The Kier molecular flexibility index (Phi) is 2.81. The monoisotopic (exact) mass is 276 g/mol. The highest BCUT2D eigenvalue weighted by molar-refractivity contribution is 5.30. The van der Waals surface area contributed by atoms with Gasteiger partial charge in [-0.1, -0.05) is 6.07 Å². The van der Waals surface area contributed by atoms with E-state index in [1.165, 1.54) is 32.4 Å². The summed E-state index contributed by atoms with van der Waals surface area (Å²) in [4.78, 5) is 0. The van der Waals surface area contributed by atoms with Crippen LogP contribution in [-0.4, -0.2) is 18.3 Å². The summed E-state index contributed by atoms with van der Waals surface area (Å²) < 4.78 is 18.6. The maximum atomic E-state index is 13.7. The second kappa shape index (κ2) is 4.45. The minimum Gasteiger partial charge on any atom is -0.494 e. The fourth-order valence-corrected chi connectivity index (χ4v) is 5.12. The number of fused-ring (bicyclic) bond motifs is 5. The van der Waals surface area contributed by atoms with Crippen LogP contribution in [0.2, 0.25) is 0 Å². The first-order chi connectivity index (χ1) is 9.69. The Morgan fingerprint density at radius 1 is 1.30 bits per heavy atom. The average Bonchev–Trinajstić information content (AvgIpc) is 2.88. The zero-order valence-electron chi connectivity index (χ0n) is 11.8. The molecule has 0 aliphatic heterocycles. The van der Waals surface area contributed by atoms with Crippen molar-refractivity contribution in [3.63, 3.8) is 0 Å². The van der Waals surface area contributed by atoms with E-state index in [4.69, 9.17) is 4.74 Å². The molecule has 0 spiro atoms. The predicted octanol–water partition coefficient (Wildman–Crippen LogP) is 3.03. The quantitative estimate of drug-likeness (QED) is 0.916. The van der Waals surface area contributed by atoms with Gasteiger partial charge < -0.3 is 9.84 Å².